The number of aromatic nitrogens is 1. The van der Waals surface area contributed by atoms with Gasteiger partial charge < -0.3 is 5.11 Å². The minimum Gasteiger partial charge on any atom is -0.477 e. The zero-order valence-corrected chi connectivity index (χ0v) is 8.17. The quantitative estimate of drug-likeness (QED) is 0.745. The van der Waals surface area contributed by atoms with Crippen LogP contribution in [-0.4, -0.2) is 16.1 Å². The molecule has 13 heavy (non-hydrogen) atoms. The van der Waals surface area contributed by atoms with Crippen molar-refractivity contribution in [2.24, 2.45) is 0 Å². The van der Waals surface area contributed by atoms with E-state index in [-0.39, 0.29) is 16.8 Å². The molecule has 1 rings (SSSR count). The summed E-state index contributed by atoms with van der Waals surface area (Å²) in [5.41, 5.74) is 0.848. The predicted octanol–water partition coefficient (Wildman–Crippen LogP) is 2.56. The van der Waals surface area contributed by atoms with Crippen LogP contribution in [0.4, 0.5) is 0 Å². The number of rotatable bonds is 2. The molecule has 1 N–H and O–H groups in total. The second kappa shape index (κ2) is 3.75. The van der Waals surface area contributed by atoms with E-state index in [0.717, 1.165) is 5.56 Å². The number of halogens is 1. The van der Waals surface area contributed by atoms with E-state index in [4.69, 9.17) is 16.7 Å². The van der Waals surface area contributed by atoms with E-state index in [1.165, 1.54) is 6.07 Å². The highest BCUT2D eigenvalue weighted by molar-refractivity contribution is 6.30. The third kappa shape index (κ3) is 2.18. The second-order valence-electron chi connectivity index (χ2n) is 3.04. The first kappa shape index (κ1) is 9.99. The van der Waals surface area contributed by atoms with Crippen molar-refractivity contribution in [3.63, 3.8) is 0 Å². The number of hydrogen-bond acceptors (Lipinski definition) is 2. The largest absolute Gasteiger partial charge is 0.477 e. The molecule has 0 aliphatic rings. The van der Waals surface area contributed by atoms with E-state index in [2.05, 4.69) is 4.98 Å². The molecule has 0 bridgehead atoms. The maximum atomic E-state index is 10.5. The fourth-order valence-electron chi connectivity index (χ4n) is 0.995. The van der Waals surface area contributed by atoms with Gasteiger partial charge in [0, 0.05) is 0 Å². The van der Waals surface area contributed by atoms with Gasteiger partial charge in [0.2, 0.25) is 0 Å². The first-order valence-corrected chi connectivity index (χ1v) is 4.30. The van der Waals surface area contributed by atoms with Crippen LogP contribution in [0.1, 0.15) is 35.8 Å². The Morgan fingerprint density at radius 1 is 1.54 bits per heavy atom. The van der Waals surface area contributed by atoms with E-state index in [1.807, 2.05) is 13.8 Å². The number of carboxylic acid groups (broad SMARTS) is 1. The van der Waals surface area contributed by atoms with E-state index >= 15 is 0 Å². The van der Waals surface area contributed by atoms with Crippen molar-refractivity contribution in [3.05, 3.63) is 28.5 Å². The normalized spacial score (nSPS) is 10.5. The summed E-state index contributed by atoms with van der Waals surface area (Å²) in [6.07, 6.45) is 0. The Bertz CT molecular complexity index is 336. The molecule has 0 saturated carbocycles. The summed E-state index contributed by atoms with van der Waals surface area (Å²) < 4.78 is 0. The number of hydrogen-bond donors (Lipinski definition) is 1. The third-order valence-electron chi connectivity index (χ3n) is 1.72. The molecule has 4 heteroatoms. The van der Waals surface area contributed by atoms with Crippen LogP contribution >= 0.6 is 11.6 Å². The zero-order valence-electron chi connectivity index (χ0n) is 7.41. The van der Waals surface area contributed by atoms with Crippen molar-refractivity contribution in [3.8, 4) is 0 Å². The molecular weight excluding hydrogens is 190 g/mol. The van der Waals surface area contributed by atoms with Gasteiger partial charge in [0.1, 0.15) is 10.8 Å². The average molecular weight is 200 g/mol. The van der Waals surface area contributed by atoms with Crippen LogP contribution in [0.3, 0.4) is 0 Å². The summed E-state index contributed by atoms with van der Waals surface area (Å²) in [6, 6.07) is 3.16. The monoisotopic (exact) mass is 199 g/mol. The fraction of sp³-hybridized carbons (Fsp3) is 0.333. The molecule has 1 aromatic heterocycles. The van der Waals surface area contributed by atoms with Crippen LogP contribution in [-0.2, 0) is 0 Å². The molecule has 0 saturated heterocycles. The Kier molecular flexibility index (Phi) is 2.88. The molecular formula is C9H10ClNO2. The minimum atomic E-state index is -1.06. The zero-order chi connectivity index (χ0) is 10.0. The lowest BCUT2D eigenvalue weighted by atomic mass is 10.1. The average Bonchev–Trinajstić information content (AvgIpc) is 2.03. The summed E-state index contributed by atoms with van der Waals surface area (Å²) >= 11 is 5.79. The maximum absolute atomic E-state index is 10.5. The molecule has 0 fully saturated rings. The number of carboxylic acids is 1. The van der Waals surface area contributed by atoms with Crippen molar-refractivity contribution in [1.82, 2.24) is 4.98 Å². The van der Waals surface area contributed by atoms with Gasteiger partial charge in [0.15, 0.2) is 0 Å². The number of aromatic carboxylic acids is 1. The van der Waals surface area contributed by atoms with Gasteiger partial charge in [-0.1, -0.05) is 31.5 Å². The highest BCUT2D eigenvalue weighted by Gasteiger charge is 2.10. The molecule has 1 aromatic rings. The lowest BCUT2D eigenvalue weighted by molar-refractivity contribution is 0.0690. The van der Waals surface area contributed by atoms with Gasteiger partial charge in [0.25, 0.3) is 0 Å². The minimum absolute atomic E-state index is 0.0191. The number of pyridine rings is 1. The van der Waals surface area contributed by atoms with Crippen LogP contribution in [0.25, 0.3) is 0 Å². The van der Waals surface area contributed by atoms with Crippen molar-refractivity contribution in [1.29, 1.82) is 0 Å². The van der Waals surface area contributed by atoms with Gasteiger partial charge in [-0.25, -0.2) is 9.78 Å². The van der Waals surface area contributed by atoms with Gasteiger partial charge in [-0.2, -0.15) is 0 Å². The van der Waals surface area contributed by atoms with Crippen LogP contribution in [0.2, 0.25) is 5.15 Å². The molecule has 0 radical (unpaired) electrons. The van der Waals surface area contributed by atoms with Gasteiger partial charge in [-0.3, -0.25) is 0 Å². The molecule has 0 atom stereocenters. The topological polar surface area (TPSA) is 50.2 Å². The van der Waals surface area contributed by atoms with E-state index in [9.17, 15) is 4.79 Å². The fourth-order valence-corrected chi connectivity index (χ4v) is 1.37. The van der Waals surface area contributed by atoms with Gasteiger partial charge in [0.05, 0.1) is 0 Å². The van der Waals surface area contributed by atoms with Crippen molar-refractivity contribution in [2.75, 3.05) is 0 Å². The summed E-state index contributed by atoms with van der Waals surface area (Å²) in [5, 5.41) is 8.89. The lowest BCUT2D eigenvalue weighted by Crippen LogP contribution is -2.02. The molecule has 0 aliphatic heterocycles. The Morgan fingerprint density at radius 2 is 2.15 bits per heavy atom. The Labute approximate surface area is 81.4 Å². The summed E-state index contributed by atoms with van der Waals surface area (Å²) in [6.45, 7) is 3.95. The van der Waals surface area contributed by atoms with E-state index in [0.29, 0.717) is 0 Å². The molecule has 3 nitrogen and oxygen atoms in total. The van der Waals surface area contributed by atoms with Crippen LogP contribution in [0.5, 0.6) is 0 Å². The van der Waals surface area contributed by atoms with Crippen LogP contribution in [0, 0.1) is 0 Å². The first-order chi connectivity index (χ1) is 6.02. The van der Waals surface area contributed by atoms with Gasteiger partial charge in [-0.05, 0) is 17.5 Å². The molecule has 1 heterocycles. The van der Waals surface area contributed by atoms with E-state index in [1.54, 1.807) is 6.07 Å². The van der Waals surface area contributed by atoms with Gasteiger partial charge >= 0.3 is 5.97 Å². The maximum Gasteiger partial charge on any atom is 0.354 e. The predicted molar refractivity (Wildman–Crippen MR) is 50.3 cm³/mol. The molecule has 0 spiro atoms. The molecule has 0 unspecified atom stereocenters. The number of carbonyl (C=O) groups is 1. The summed E-state index contributed by atoms with van der Waals surface area (Å²) in [7, 11) is 0. The smallest absolute Gasteiger partial charge is 0.354 e. The third-order valence-corrected chi connectivity index (χ3v) is 2.02. The first-order valence-electron chi connectivity index (χ1n) is 3.92. The highest BCUT2D eigenvalue weighted by Crippen LogP contribution is 2.22. The molecule has 0 aliphatic carbocycles. The number of nitrogens with zero attached hydrogens (tertiary/aromatic N) is 1. The van der Waals surface area contributed by atoms with Crippen LogP contribution < -0.4 is 0 Å². The van der Waals surface area contributed by atoms with Crippen LogP contribution in [0.15, 0.2) is 12.1 Å². The standard InChI is InChI=1S/C9H10ClNO2/c1-5(2)6-3-4-7(9(12)13)11-8(6)10/h3-5H,1-2H3,(H,12,13). The Hall–Kier alpha value is -1.09. The molecule has 0 aromatic carbocycles. The molecule has 0 amide bonds. The SMILES string of the molecule is CC(C)c1ccc(C(=O)O)nc1Cl. The van der Waals surface area contributed by atoms with Crippen molar-refractivity contribution < 1.29 is 9.90 Å². The summed E-state index contributed by atoms with van der Waals surface area (Å²) in [4.78, 5) is 14.3. The van der Waals surface area contributed by atoms with Gasteiger partial charge in [-0.15, -0.1) is 0 Å². The van der Waals surface area contributed by atoms with Crippen molar-refractivity contribution >= 4 is 17.6 Å². The summed E-state index contributed by atoms with van der Waals surface area (Å²) in [5.74, 6) is -0.806. The lowest BCUT2D eigenvalue weighted by Gasteiger charge is -2.06. The van der Waals surface area contributed by atoms with Crippen molar-refractivity contribution in [2.45, 2.75) is 19.8 Å². The Balaban J connectivity index is 3.13. The highest BCUT2D eigenvalue weighted by atomic mass is 35.5. The second-order valence-corrected chi connectivity index (χ2v) is 3.39. The van der Waals surface area contributed by atoms with E-state index < -0.39 is 5.97 Å². The molecule has 70 valence electrons. The Morgan fingerprint density at radius 3 is 2.54 bits per heavy atom.